The van der Waals surface area contributed by atoms with Crippen LogP contribution in [0.1, 0.15) is 73.6 Å². The van der Waals surface area contributed by atoms with Gasteiger partial charge in [-0.05, 0) is 44.5 Å². The van der Waals surface area contributed by atoms with Gasteiger partial charge in [-0.2, -0.15) is 11.8 Å². The van der Waals surface area contributed by atoms with Gasteiger partial charge in [-0.15, -0.1) is 0 Å². The molecule has 212 valence electrons. The molecule has 0 spiro atoms. The van der Waals surface area contributed by atoms with Gasteiger partial charge in [0, 0.05) is 38.5 Å². The Morgan fingerprint density at radius 1 is 1.06 bits per heavy atom. The number of hydrogen-bond acceptors (Lipinski definition) is 9. The molecule has 0 amide bonds. The lowest BCUT2D eigenvalue weighted by molar-refractivity contribution is -0.146. The summed E-state index contributed by atoms with van der Waals surface area (Å²) in [5.74, 6) is 1.34. The Labute approximate surface area is 220 Å². The van der Waals surface area contributed by atoms with Crippen LogP contribution in [0.15, 0.2) is 0 Å². The molecule has 35 heavy (non-hydrogen) atoms. The molecule has 0 heterocycles. The van der Waals surface area contributed by atoms with Crippen molar-refractivity contribution in [2.75, 3.05) is 53.5 Å². The summed E-state index contributed by atoms with van der Waals surface area (Å²) < 4.78 is 21.0. The van der Waals surface area contributed by atoms with Gasteiger partial charge in [0.15, 0.2) is 0 Å². The van der Waals surface area contributed by atoms with E-state index in [4.69, 9.17) is 18.0 Å². The molecule has 0 radical (unpaired) electrons. The average molecular weight is 542 g/mol. The number of rotatable bonds is 18. The zero-order chi connectivity index (χ0) is 27.7. The molecule has 0 fully saturated rings. The number of aliphatic hydroxyl groups excluding tert-OH is 2. The van der Waals surface area contributed by atoms with Gasteiger partial charge in [0.1, 0.15) is 12.8 Å². The van der Waals surface area contributed by atoms with Gasteiger partial charge >= 0.3 is 14.8 Å². The van der Waals surface area contributed by atoms with E-state index in [1.54, 1.807) is 38.0 Å². The normalized spacial score (nSPS) is 15.7. The van der Waals surface area contributed by atoms with Crippen molar-refractivity contribution in [1.82, 2.24) is 4.90 Å². The van der Waals surface area contributed by atoms with E-state index in [9.17, 15) is 15.0 Å². The molecule has 8 nitrogen and oxygen atoms in total. The van der Waals surface area contributed by atoms with E-state index < -0.39 is 21.1 Å². The highest BCUT2D eigenvalue weighted by Crippen LogP contribution is 2.27. The molecule has 0 aromatic heterocycles. The number of esters is 1. The highest BCUT2D eigenvalue weighted by molar-refractivity contribution is 7.99. The zero-order valence-corrected chi connectivity index (χ0v) is 26.1. The Hall–Kier alpha value is -0.203. The monoisotopic (exact) mass is 541 g/mol. The van der Waals surface area contributed by atoms with E-state index in [0.717, 1.165) is 25.0 Å². The highest BCUT2D eigenvalue weighted by atomic mass is 32.2. The van der Waals surface area contributed by atoms with Crippen LogP contribution in [0.4, 0.5) is 0 Å². The van der Waals surface area contributed by atoms with Crippen LogP contribution in [0.3, 0.4) is 0 Å². The van der Waals surface area contributed by atoms with E-state index in [1.165, 1.54) is 0 Å². The van der Waals surface area contributed by atoms with Gasteiger partial charge < -0.3 is 28.2 Å². The maximum atomic E-state index is 11.7. The van der Waals surface area contributed by atoms with E-state index in [2.05, 4.69) is 34.6 Å². The molecule has 10 heteroatoms. The van der Waals surface area contributed by atoms with Crippen LogP contribution in [0.5, 0.6) is 0 Å². The third-order valence-electron chi connectivity index (χ3n) is 6.49. The van der Waals surface area contributed by atoms with E-state index >= 15 is 0 Å². The molecule has 0 aliphatic heterocycles. The lowest BCUT2D eigenvalue weighted by Gasteiger charge is -2.29. The summed E-state index contributed by atoms with van der Waals surface area (Å²) in [6.07, 6.45) is 2.95. The van der Waals surface area contributed by atoms with Crippen LogP contribution in [0.2, 0.25) is 5.54 Å². The minimum Gasteiger partial charge on any atom is -0.463 e. The molecular weight excluding hydrogens is 486 g/mol. The second-order valence-corrected chi connectivity index (χ2v) is 14.7. The number of nitrogens with zero attached hydrogens (tertiary/aromatic N) is 1. The number of aliphatic hydroxyl groups is 2. The zero-order valence-electron chi connectivity index (χ0n) is 24.3. The lowest BCUT2D eigenvalue weighted by Crippen LogP contribution is -2.46. The topological polar surface area (TPSA) is 97.7 Å². The molecule has 4 unspecified atom stereocenters. The van der Waals surface area contributed by atoms with Crippen LogP contribution in [-0.4, -0.2) is 95.8 Å². The first-order chi connectivity index (χ1) is 16.2. The Kier molecular flexibility index (Phi) is 21.0. The first kappa shape index (κ1) is 37.0. The average Bonchev–Trinajstić information content (AvgIpc) is 2.84. The van der Waals surface area contributed by atoms with E-state index in [1.807, 2.05) is 21.0 Å². The third-order valence-corrected chi connectivity index (χ3v) is 11.1. The van der Waals surface area contributed by atoms with E-state index in [-0.39, 0.29) is 23.9 Å². The van der Waals surface area contributed by atoms with Crippen molar-refractivity contribution in [3.8, 4) is 0 Å². The van der Waals surface area contributed by atoms with Crippen molar-refractivity contribution in [2.45, 2.75) is 91.5 Å². The van der Waals surface area contributed by atoms with Crippen molar-refractivity contribution in [3.05, 3.63) is 0 Å². The second kappa shape index (κ2) is 19.8. The summed E-state index contributed by atoms with van der Waals surface area (Å²) in [5, 5.41) is 19.8. The van der Waals surface area contributed by atoms with Crippen molar-refractivity contribution in [1.29, 1.82) is 0 Å². The van der Waals surface area contributed by atoms with Crippen LogP contribution in [0, 0.1) is 11.3 Å². The third kappa shape index (κ3) is 16.3. The van der Waals surface area contributed by atoms with Crippen molar-refractivity contribution >= 4 is 26.5 Å². The fraction of sp³-hybridized carbons (Fsp3) is 0.960. The lowest BCUT2D eigenvalue weighted by atomic mass is 9.84. The molecule has 0 aromatic carbocycles. The molecular formula is C25H55NO7SSi. The fourth-order valence-corrected chi connectivity index (χ4v) is 6.43. The van der Waals surface area contributed by atoms with Gasteiger partial charge in [-0.1, -0.05) is 48.0 Å². The molecule has 0 saturated carbocycles. The van der Waals surface area contributed by atoms with Crippen molar-refractivity contribution in [3.63, 3.8) is 0 Å². The molecule has 0 rings (SSSR count). The minimum absolute atomic E-state index is 0.0824. The molecule has 2 N–H and O–H groups in total. The summed E-state index contributed by atoms with van der Waals surface area (Å²) in [6.45, 7) is 12.8. The predicted molar refractivity (Wildman–Crippen MR) is 148 cm³/mol. The first-order valence-corrected chi connectivity index (χ1v) is 15.6. The summed E-state index contributed by atoms with van der Waals surface area (Å²) in [6, 6.07) is 0. The largest absolute Gasteiger partial charge is 0.503 e. The Bertz CT molecular complexity index is 528. The fourth-order valence-electron chi connectivity index (χ4n) is 3.20. The molecule has 4 atom stereocenters. The standard InChI is InChI=1S/C18H37NO4S.C7H18O3Si/c1-7-18(3,4)10-8-15(20)12-23-16(21)9-11-24-13-14(2)17(22)19(5)6;1-6-7(2)11(8-3,9-4)10-5/h14-15,17,20,22H,7-13H2,1-6H3;7H,6H2,1-5H3. The number of thioether (sulfide) groups is 1. The maximum absolute atomic E-state index is 11.7. The van der Waals surface area contributed by atoms with Gasteiger partial charge in [0.2, 0.25) is 0 Å². The smallest absolute Gasteiger partial charge is 0.463 e. The summed E-state index contributed by atoms with van der Waals surface area (Å²) >= 11 is 1.64. The summed E-state index contributed by atoms with van der Waals surface area (Å²) in [4.78, 5) is 13.5. The van der Waals surface area contributed by atoms with Gasteiger partial charge in [-0.25, -0.2) is 0 Å². The maximum Gasteiger partial charge on any atom is 0.503 e. The van der Waals surface area contributed by atoms with Crippen LogP contribution < -0.4 is 0 Å². The number of carbonyl (C=O) groups is 1. The first-order valence-electron chi connectivity index (χ1n) is 12.7. The molecule has 0 aliphatic rings. The van der Waals surface area contributed by atoms with E-state index in [0.29, 0.717) is 24.1 Å². The molecule has 0 aliphatic carbocycles. The Morgan fingerprint density at radius 2 is 1.60 bits per heavy atom. The summed E-state index contributed by atoms with van der Waals surface area (Å²) in [7, 11) is 6.30. The van der Waals surface area contributed by atoms with Crippen molar-refractivity contribution < 1.29 is 33.0 Å². The molecule has 0 bridgehead atoms. The Morgan fingerprint density at radius 3 is 2.00 bits per heavy atom. The quantitative estimate of drug-likeness (QED) is 0.113. The molecule has 0 aromatic rings. The predicted octanol–water partition coefficient (Wildman–Crippen LogP) is 4.41. The number of carbonyl (C=O) groups excluding carboxylic acids is 1. The number of ether oxygens (including phenoxy) is 1. The van der Waals surface area contributed by atoms with Crippen LogP contribution in [-0.2, 0) is 22.8 Å². The van der Waals surface area contributed by atoms with Gasteiger partial charge in [0.05, 0.1) is 12.5 Å². The van der Waals surface area contributed by atoms with Crippen molar-refractivity contribution in [2.24, 2.45) is 11.3 Å². The van der Waals surface area contributed by atoms with Gasteiger partial charge in [0.25, 0.3) is 0 Å². The van der Waals surface area contributed by atoms with Crippen LogP contribution >= 0.6 is 11.8 Å². The molecule has 0 saturated heterocycles. The Balaban J connectivity index is 0. The minimum atomic E-state index is -2.32. The highest BCUT2D eigenvalue weighted by Gasteiger charge is 2.43. The second-order valence-electron chi connectivity index (χ2n) is 10.1. The van der Waals surface area contributed by atoms with Crippen LogP contribution in [0.25, 0.3) is 0 Å². The van der Waals surface area contributed by atoms with Gasteiger partial charge in [-0.3, -0.25) is 9.69 Å². The summed E-state index contributed by atoms with van der Waals surface area (Å²) in [5.41, 5.74) is 0.581. The number of hydrogen-bond donors (Lipinski definition) is 2. The SMILES string of the molecule is CCC(C)(C)CCC(O)COC(=O)CCSCC(C)C(O)N(C)C.CCC(C)[Si](OC)(OC)OC.